The van der Waals surface area contributed by atoms with Gasteiger partial charge in [0.1, 0.15) is 0 Å². The van der Waals surface area contributed by atoms with Crippen LogP contribution in [0.5, 0.6) is 0 Å². The van der Waals surface area contributed by atoms with Gasteiger partial charge < -0.3 is 10.6 Å². The molecule has 1 aliphatic rings. The van der Waals surface area contributed by atoms with Crippen molar-refractivity contribution in [3.63, 3.8) is 0 Å². The van der Waals surface area contributed by atoms with E-state index >= 15 is 0 Å². The molecule has 1 rings (SSSR count). The Hall–Kier alpha value is -0.0800. The Bertz CT molecular complexity index is 134. The fraction of sp³-hybridized carbons (Fsp3) is 1.00. The molecule has 0 aromatic heterocycles. The van der Waals surface area contributed by atoms with Gasteiger partial charge in [0, 0.05) is 13.1 Å². The van der Waals surface area contributed by atoms with E-state index < -0.39 is 0 Å². The summed E-state index contributed by atoms with van der Waals surface area (Å²) in [5.41, 5.74) is 0. The summed E-state index contributed by atoms with van der Waals surface area (Å²) in [5, 5.41) is 6.92. The molecule has 0 radical (unpaired) electrons. The summed E-state index contributed by atoms with van der Waals surface area (Å²) >= 11 is 0. The quantitative estimate of drug-likeness (QED) is 0.586. The summed E-state index contributed by atoms with van der Waals surface area (Å²) < 4.78 is 0. The molecule has 0 heterocycles. The molecule has 2 heteroatoms. The van der Waals surface area contributed by atoms with E-state index in [0.717, 1.165) is 37.4 Å². The molecular weight excluding hydrogens is 160 g/mol. The van der Waals surface area contributed by atoms with E-state index in [1.165, 1.54) is 13.0 Å². The maximum absolute atomic E-state index is 3.49. The van der Waals surface area contributed by atoms with Gasteiger partial charge in [-0.15, -0.1) is 0 Å². The van der Waals surface area contributed by atoms with Gasteiger partial charge in [-0.05, 0) is 37.3 Å². The van der Waals surface area contributed by atoms with Crippen molar-refractivity contribution in [3.05, 3.63) is 0 Å². The lowest BCUT2D eigenvalue weighted by Crippen LogP contribution is -2.30. The molecule has 1 aliphatic carbocycles. The Morgan fingerprint density at radius 1 is 1.23 bits per heavy atom. The van der Waals surface area contributed by atoms with Crippen molar-refractivity contribution >= 4 is 0 Å². The highest BCUT2D eigenvalue weighted by molar-refractivity contribution is 4.83. The van der Waals surface area contributed by atoms with Gasteiger partial charge in [0.25, 0.3) is 0 Å². The van der Waals surface area contributed by atoms with Gasteiger partial charge in [0.15, 0.2) is 0 Å². The largest absolute Gasteiger partial charge is 0.315 e. The monoisotopic (exact) mass is 184 g/mol. The van der Waals surface area contributed by atoms with Crippen LogP contribution >= 0.6 is 0 Å². The fourth-order valence-electron chi connectivity index (χ4n) is 1.54. The van der Waals surface area contributed by atoms with Crippen LogP contribution in [0.3, 0.4) is 0 Å². The molecule has 1 saturated carbocycles. The van der Waals surface area contributed by atoms with Gasteiger partial charge in [0.2, 0.25) is 0 Å². The van der Waals surface area contributed by atoms with E-state index in [-0.39, 0.29) is 0 Å². The first-order valence-electron chi connectivity index (χ1n) is 5.61. The first-order chi connectivity index (χ1) is 6.20. The average Bonchev–Trinajstić information content (AvgIpc) is 2.74. The van der Waals surface area contributed by atoms with Crippen molar-refractivity contribution in [2.24, 2.45) is 17.8 Å². The van der Waals surface area contributed by atoms with E-state index in [1.807, 2.05) is 0 Å². The van der Waals surface area contributed by atoms with Gasteiger partial charge in [0.05, 0.1) is 0 Å². The second kappa shape index (κ2) is 5.61. The Balaban J connectivity index is 1.74. The third kappa shape index (κ3) is 5.27. The van der Waals surface area contributed by atoms with E-state index in [1.54, 1.807) is 0 Å². The van der Waals surface area contributed by atoms with E-state index in [0.29, 0.717) is 0 Å². The zero-order chi connectivity index (χ0) is 9.68. The van der Waals surface area contributed by atoms with Crippen molar-refractivity contribution in [1.82, 2.24) is 10.6 Å². The SMILES string of the molecule is CC(C)CNCCNCC1CC1C. The van der Waals surface area contributed by atoms with E-state index in [2.05, 4.69) is 31.4 Å². The van der Waals surface area contributed by atoms with E-state index in [9.17, 15) is 0 Å². The molecule has 0 amide bonds. The maximum atomic E-state index is 3.49. The highest BCUT2D eigenvalue weighted by Crippen LogP contribution is 2.36. The lowest BCUT2D eigenvalue weighted by Gasteiger charge is -2.07. The molecule has 13 heavy (non-hydrogen) atoms. The van der Waals surface area contributed by atoms with Crippen LogP contribution in [0.4, 0.5) is 0 Å². The first kappa shape index (κ1) is 11.0. The second-order valence-electron chi connectivity index (χ2n) is 4.78. The third-order valence-corrected chi connectivity index (χ3v) is 2.71. The van der Waals surface area contributed by atoms with Crippen LogP contribution in [0.15, 0.2) is 0 Å². The summed E-state index contributed by atoms with van der Waals surface area (Å²) in [6, 6.07) is 0. The summed E-state index contributed by atoms with van der Waals surface area (Å²) in [4.78, 5) is 0. The van der Waals surface area contributed by atoms with Gasteiger partial charge in [-0.2, -0.15) is 0 Å². The second-order valence-corrected chi connectivity index (χ2v) is 4.78. The van der Waals surface area contributed by atoms with Crippen molar-refractivity contribution in [1.29, 1.82) is 0 Å². The molecule has 0 saturated heterocycles. The normalized spacial score (nSPS) is 26.8. The third-order valence-electron chi connectivity index (χ3n) is 2.71. The van der Waals surface area contributed by atoms with Crippen molar-refractivity contribution in [3.8, 4) is 0 Å². The molecule has 1 fully saturated rings. The molecule has 2 nitrogen and oxygen atoms in total. The standard InChI is InChI=1S/C11H24N2/c1-9(2)7-12-4-5-13-8-11-6-10(11)3/h9-13H,4-8H2,1-3H3. The number of nitrogens with one attached hydrogen (secondary N) is 2. The Morgan fingerprint density at radius 2 is 1.85 bits per heavy atom. The van der Waals surface area contributed by atoms with Crippen LogP contribution in [0.1, 0.15) is 27.2 Å². The summed E-state index contributed by atoms with van der Waals surface area (Å²) in [5.74, 6) is 2.73. The van der Waals surface area contributed by atoms with Crippen LogP contribution in [0.2, 0.25) is 0 Å². The zero-order valence-electron chi connectivity index (χ0n) is 9.27. The Kier molecular flexibility index (Phi) is 4.74. The van der Waals surface area contributed by atoms with Crippen LogP contribution in [-0.4, -0.2) is 26.2 Å². The van der Waals surface area contributed by atoms with Gasteiger partial charge in [-0.1, -0.05) is 20.8 Å². The van der Waals surface area contributed by atoms with Crippen molar-refractivity contribution in [2.45, 2.75) is 27.2 Å². The minimum absolute atomic E-state index is 0.767. The van der Waals surface area contributed by atoms with Crippen molar-refractivity contribution < 1.29 is 0 Å². The average molecular weight is 184 g/mol. The smallest absolute Gasteiger partial charge is 0.00768 e. The highest BCUT2D eigenvalue weighted by atomic mass is 14.9. The molecule has 0 aliphatic heterocycles. The molecule has 0 aromatic carbocycles. The maximum Gasteiger partial charge on any atom is 0.00768 e. The van der Waals surface area contributed by atoms with E-state index in [4.69, 9.17) is 0 Å². The van der Waals surface area contributed by atoms with Gasteiger partial charge in [-0.25, -0.2) is 0 Å². The molecule has 0 aromatic rings. The molecule has 2 N–H and O–H groups in total. The predicted octanol–water partition coefficient (Wildman–Crippen LogP) is 1.48. The Labute approximate surface area is 82.5 Å². The molecular formula is C11H24N2. The minimum Gasteiger partial charge on any atom is -0.315 e. The predicted molar refractivity (Wildman–Crippen MR) is 57.8 cm³/mol. The van der Waals surface area contributed by atoms with Crippen LogP contribution < -0.4 is 10.6 Å². The number of rotatable bonds is 7. The molecule has 2 unspecified atom stereocenters. The van der Waals surface area contributed by atoms with Crippen LogP contribution in [0, 0.1) is 17.8 Å². The lowest BCUT2D eigenvalue weighted by atomic mass is 10.2. The first-order valence-corrected chi connectivity index (χ1v) is 5.61. The summed E-state index contributed by atoms with van der Waals surface area (Å²) in [7, 11) is 0. The topological polar surface area (TPSA) is 24.1 Å². The molecule has 0 spiro atoms. The lowest BCUT2D eigenvalue weighted by molar-refractivity contribution is 0.526. The summed E-state index contributed by atoms with van der Waals surface area (Å²) in [6.07, 6.45) is 1.44. The van der Waals surface area contributed by atoms with Crippen LogP contribution in [-0.2, 0) is 0 Å². The molecule has 2 atom stereocenters. The number of hydrogen-bond acceptors (Lipinski definition) is 2. The van der Waals surface area contributed by atoms with Crippen molar-refractivity contribution in [2.75, 3.05) is 26.2 Å². The highest BCUT2D eigenvalue weighted by Gasteiger charge is 2.31. The van der Waals surface area contributed by atoms with Crippen LogP contribution in [0.25, 0.3) is 0 Å². The number of hydrogen-bond donors (Lipinski definition) is 2. The van der Waals surface area contributed by atoms with Gasteiger partial charge in [-0.3, -0.25) is 0 Å². The molecule has 78 valence electrons. The molecule has 0 bridgehead atoms. The fourth-order valence-corrected chi connectivity index (χ4v) is 1.54. The minimum atomic E-state index is 0.767. The Morgan fingerprint density at radius 3 is 2.38 bits per heavy atom. The van der Waals surface area contributed by atoms with Gasteiger partial charge >= 0.3 is 0 Å². The summed E-state index contributed by atoms with van der Waals surface area (Å²) in [6.45, 7) is 11.4. The zero-order valence-corrected chi connectivity index (χ0v) is 9.27.